The molecule has 2 heterocycles. The Labute approximate surface area is 62.7 Å². The van der Waals surface area contributed by atoms with Gasteiger partial charge in [-0.25, -0.2) is 4.52 Å². The highest BCUT2D eigenvalue weighted by Crippen LogP contribution is 2.03. The third kappa shape index (κ3) is 0.749. The third-order valence-electron chi connectivity index (χ3n) is 1.43. The van der Waals surface area contributed by atoms with Crippen molar-refractivity contribution < 1.29 is 0 Å². The van der Waals surface area contributed by atoms with Gasteiger partial charge < -0.3 is 0 Å². The van der Waals surface area contributed by atoms with Gasteiger partial charge in [0.25, 0.3) is 0 Å². The molecule has 2 rings (SSSR count). The summed E-state index contributed by atoms with van der Waals surface area (Å²) in [6, 6.07) is 7.44. The SMILES string of the molecule is N#Cc1nnn2ccccc12. The minimum Gasteiger partial charge on any atom is -0.219 e. The molecule has 52 valence electrons. The Kier molecular flexibility index (Phi) is 1.10. The number of hydrogen-bond donors (Lipinski definition) is 0. The summed E-state index contributed by atoms with van der Waals surface area (Å²) in [6.07, 6.45) is 1.75. The second-order valence-electron chi connectivity index (χ2n) is 2.08. The van der Waals surface area contributed by atoms with Gasteiger partial charge in [0, 0.05) is 6.20 Å². The molecule has 0 atom stereocenters. The summed E-state index contributed by atoms with van der Waals surface area (Å²) in [5.41, 5.74) is 1.11. The Hall–Kier alpha value is -1.89. The van der Waals surface area contributed by atoms with Crippen molar-refractivity contribution in [3.05, 3.63) is 30.1 Å². The van der Waals surface area contributed by atoms with Crippen LogP contribution in [-0.4, -0.2) is 14.8 Å². The fourth-order valence-electron chi connectivity index (χ4n) is 0.924. The molecule has 0 saturated carbocycles. The summed E-state index contributed by atoms with van der Waals surface area (Å²) in [5.74, 6) is 0. The number of aromatic nitrogens is 3. The maximum atomic E-state index is 8.56. The summed E-state index contributed by atoms with van der Waals surface area (Å²) in [4.78, 5) is 0. The summed E-state index contributed by atoms with van der Waals surface area (Å²) in [7, 11) is 0. The Balaban J connectivity index is 2.89. The van der Waals surface area contributed by atoms with Gasteiger partial charge in [-0.1, -0.05) is 11.3 Å². The maximum Gasteiger partial charge on any atom is 0.190 e. The van der Waals surface area contributed by atoms with Gasteiger partial charge in [-0.15, -0.1) is 5.10 Å². The van der Waals surface area contributed by atoms with E-state index in [0.29, 0.717) is 5.69 Å². The highest BCUT2D eigenvalue weighted by molar-refractivity contribution is 5.55. The van der Waals surface area contributed by atoms with Gasteiger partial charge in [0.15, 0.2) is 5.69 Å². The predicted molar refractivity (Wildman–Crippen MR) is 37.7 cm³/mol. The van der Waals surface area contributed by atoms with Gasteiger partial charge in [-0.3, -0.25) is 0 Å². The zero-order valence-corrected chi connectivity index (χ0v) is 5.60. The molecule has 4 nitrogen and oxygen atoms in total. The Morgan fingerprint density at radius 3 is 3.18 bits per heavy atom. The molecule has 0 fully saturated rings. The quantitative estimate of drug-likeness (QED) is 0.544. The van der Waals surface area contributed by atoms with Crippen molar-refractivity contribution in [1.82, 2.24) is 14.8 Å². The van der Waals surface area contributed by atoms with E-state index in [4.69, 9.17) is 5.26 Å². The van der Waals surface area contributed by atoms with Crippen LogP contribution in [0.5, 0.6) is 0 Å². The molecule has 0 saturated heterocycles. The topological polar surface area (TPSA) is 54.0 Å². The van der Waals surface area contributed by atoms with Crippen molar-refractivity contribution in [3.63, 3.8) is 0 Å². The molecule has 0 spiro atoms. The van der Waals surface area contributed by atoms with Crippen molar-refractivity contribution in [2.45, 2.75) is 0 Å². The molecule has 0 radical (unpaired) electrons. The first-order valence-corrected chi connectivity index (χ1v) is 3.12. The number of rotatable bonds is 0. The average Bonchev–Trinajstić information content (AvgIpc) is 2.47. The van der Waals surface area contributed by atoms with Crippen molar-refractivity contribution in [2.24, 2.45) is 0 Å². The van der Waals surface area contributed by atoms with E-state index in [0.717, 1.165) is 5.52 Å². The van der Waals surface area contributed by atoms with Crippen LogP contribution in [0.15, 0.2) is 24.4 Å². The summed E-state index contributed by atoms with van der Waals surface area (Å²) in [5, 5.41) is 16.0. The maximum absolute atomic E-state index is 8.56. The van der Waals surface area contributed by atoms with Crippen LogP contribution >= 0.6 is 0 Å². The average molecular weight is 144 g/mol. The third-order valence-corrected chi connectivity index (χ3v) is 1.43. The number of hydrogen-bond acceptors (Lipinski definition) is 3. The standard InChI is InChI=1S/C7H4N4/c8-5-6-7-3-1-2-4-11(7)10-9-6/h1-4H. The molecule has 0 aliphatic carbocycles. The smallest absolute Gasteiger partial charge is 0.190 e. The molecular weight excluding hydrogens is 140 g/mol. The molecule has 0 bridgehead atoms. The molecule has 2 aromatic heterocycles. The van der Waals surface area contributed by atoms with Crippen LogP contribution in [0.2, 0.25) is 0 Å². The first kappa shape index (κ1) is 5.86. The van der Waals surface area contributed by atoms with E-state index in [9.17, 15) is 0 Å². The lowest BCUT2D eigenvalue weighted by molar-refractivity contribution is 0.853. The van der Waals surface area contributed by atoms with Crippen LogP contribution in [0, 0.1) is 11.3 Å². The van der Waals surface area contributed by atoms with Gasteiger partial charge >= 0.3 is 0 Å². The van der Waals surface area contributed by atoms with Crippen molar-refractivity contribution in [3.8, 4) is 6.07 Å². The largest absolute Gasteiger partial charge is 0.219 e. The van der Waals surface area contributed by atoms with Crippen LogP contribution in [0.4, 0.5) is 0 Å². The van der Waals surface area contributed by atoms with E-state index in [1.54, 1.807) is 16.8 Å². The van der Waals surface area contributed by atoms with Crippen molar-refractivity contribution in [2.75, 3.05) is 0 Å². The van der Waals surface area contributed by atoms with E-state index < -0.39 is 0 Å². The van der Waals surface area contributed by atoms with E-state index >= 15 is 0 Å². The summed E-state index contributed by atoms with van der Waals surface area (Å²) in [6.45, 7) is 0. The lowest BCUT2D eigenvalue weighted by Gasteiger charge is -1.86. The van der Waals surface area contributed by atoms with E-state index in [1.165, 1.54) is 0 Å². The fraction of sp³-hybridized carbons (Fsp3) is 0. The summed E-state index contributed by atoms with van der Waals surface area (Å²) >= 11 is 0. The van der Waals surface area contributed by atoms with Crippen LogP contribution in [0.25, 0.3) is 5.52 Å². The highest BCUT2D eigenvalue weighted by Gasteiger charge is 2.01. The molecule has 0 aliphatic heterocycles. The lowest BCUT2D eigenvalue weighted by atomic mass is 10.3. The first-order chi connectivity index (χ1) is 5.42. The lowest BCUT2D eigenvalue weighted by Crippen LogP contribution is -1.83. The second kappa shape index (κ2) is 2.06. The number of nitriles is 1. The van der Waals surface area contributed by atoms with Crippen LogP contribution in [0.3, 0.4) is 0 Å². The van der Waals surface area contributed by atoms with E-state index in [-0.39, 0.29) is 0 Å². The monoisotopic (exact) mass is 144 g/mol. The minimum absolute atomic E-state index is 0.366. The van der Waals surface area contributed by atoms with Gasteiger partial charge in [0.1, 0.15) is 11.6 Å². The second-order valence-corrected chi connectivity index (χ2v) is 2.08. The summed E-state index contributed by atoms with van der Waals surface area (Å²) < 4.78 is 1.57. The molecule has 0 aliphatic rings. The Morgan fingerprint density at radius 2 is 2.36 bits per heavy atom. The Morgan fingerprint density at radius 1 is 1.45 bits per heavy atom. The fourth-order valence-corrected chi connectivity index (χ4v) is 0.924. The molecule has 0 unspecified atom stereocenters. The van der Waals surface area contributed by atoms with Crippen molar-refractivity contribution >= 4 is 5.52 Å². The first-order valence-electron chi connectivity index (χ1n) is 3.12. The molecule has 0 N–H and O–H groups in total. The van der Waals surface area contributed by atoms with E-state index in [1.807, 2.05) is 18.2 Å². The van der Waals surface area contributed by atoms with Gasteiger partial charge in [0.05, 0.1) is 0 Å². The van der Waals surface area contributed by atoms with Gasteiger partial charge in [-0.2, -0.15) is 5.26 Å². The molecule has 0 amide bonds. The van der Waals surface area contributed by atoms with E-state index in [2.05, 4.69) is 10.3 Å². The Bertz CT molecular complexity index is 423. The molecule has 11 heavy (non-hydrogen) atoms. The number of nitrogens with zero attached hydrogens (tertiary/aromatic N) is 4. The van der Waals surface area contributed by atoms with Crippen LogP contribution < -0.4 is 0 Å². The molecule has 4 heteroatoms. The molecule has 0 aromatic carbocycles. The minimum atomic E-state index is 0.366. The van der Waals surface area contributed by atoms with Gasteiger partial charge in [0.2, 0.25) is 0 Å². The number of pyridine rings is 1. The zero-order chi connectivity index (χ0) is 7.68. The predicted octanol–water partition coefficient (Wildman–Crippen LogP) is 0.601. The van der Waals surface area contributed by atoms with Gasteiger partial charge in [-0.05, 0) is 12.1 Å². The zero-order valence-electron chi connectivity index (χ0n) is 5.60. The molecular formula is C7H4N4. The molecule has 2 aromatic rings. The van der Waals surface area contributed by atoms with Crippen LogP contribution in [-0.2, 0) is 0 Å². The normalized spacial score (nSPS) is 9.73. The number of fused-ring (bicyclic) bond motifs is 1. The highest BCUT2D eigenvalue weighted by atomic mass is 15.4. The van der Waals surface area contributed by atoms with Crippen LogP contribution in [0.1, 0.15) is 5.69 Å². The van der Waals surface area contributed by atoms with Crippen molar-refractivity contribution in [1.29, 1.82) is 5.26 Å².